The van der Waals surface area contributed by atoms with E-state index in [1.54, 1.807) is 20.8 Å². The minimum Gasteiger partial charge on any atom is -0.384 e. The average molecular weight is 390 g/mol. The van der Waals surface area contributed by atoms with Gasteiger partial charge in [-0.25, -0.2) is 13.1 Å². The summed E-state index contributed by atoms with van der Waals surface area (Å²) in [5, 5.41) is 4.75. The van der Waals surface area contributed by atoms with Gasteiger partial charge in [0.15, 0.2) is 0 Å². The number of nitrogens with one attached hydrogen (secondary N) is 2. The van der Waals surface area contributed by atoms with Gasteiger partial charge in [0, 0.05) is 29.4 Å². The van der Waals surface area contributed by atoms with Crippen molar-refractivity contribution in [2.75, 3.05) is 11.9 Å². The Morgan fingerprint density at radius 3 is 2.44 bits per heavy atom. The van der Waals surface area contributed by atoms with Gasteiger partial charge in [-0.15, -0.1) is 0 Å². The van der Waals surface area contributed by atoms with Crippen LogP contribution in [-0.4, -0.2) is 30.7 Å². The fraction of sp³-hybridized carbons (Fsp3) is 0.571. The first-order valence-corrected chi connectivity index (χ1v) is 11.3. The van der Waals surface area contributed by atoms with Crippen LogP contribution < -0.4 is 10.0 Å². The van der Waals surface area contributed by atoms with E-state index in [-0.39, 0.29) is 6.04 Å². The lowest BCUT2D eigenvalue weighted by atomic mass is 9.86. The molecule has 0 radical (unpaired) electrons. The Bertz CT molecular complexity index is 895. The highest BCUT2D eigenvalue weighted by Crippen LogP contribution is 2.28. The first-order valence-electron chi connectivity index (χ1n) is 9.78. The molecule has 0 spiro atoms. The normalized spacial score (nSPS) is 21.3. The number of para-hydroxylation sites is 1. The highest BCUT2D eigenvalue weighted by Gasteiger charge is 2.32. The van der Waals surface area contributed by atoms with Crippen molar-refractivity contribution in [2.24, 2.45) is 5.92 Å². The van der Waals surface area contributed by atoms with E-state index in [2.05, 4.69) is 27.2 Å². The third-order valence-electron chi connectivity index (χ3n) is 5.40. The molecule has 0 aliphatic heterocycles. The zero-order chi connectivity index (χ0) is 19.7. The van der Waals surface area contributed by atoms with Crippen LogP contribution in [0.15, 0.2) is 30.3 Å². The van der Waals surface area contributed by atoms with Crippen LogP contribution >= 0.6 is 0 Å². The molecular weight excluding hydrogens is 358 g/mol. The maximum Gasteiger partial charge on any atom is 0.216 e. The molecule has 148 valence electrons. The van der Waals surface area contributed by atoms with E-state index in [0.717, 1.165) is 54.5 Å². The van der Waals surface area contributed by atoms with Gasteiger partial charge in [-0.3, -0.25) is 4.98 Å². The van der Waals surface area contributed by atoms with E-state index >= 15 is 0 Å². The van der Waals surface area contributed by atoms with Crippen LogP contribution in [0.3, 0.4) is 0 Å². The van der Waals surface area contributed by atoms with E-state index in [1.807, 2.05) is 25.1 Å². The largest absolute Gasteiger partial charge is 0.384 e. The van der Waals surface area contributed by atoms with E-state index in [1.165, 1.54) is 0 Å². The molecule has 0 atom stereocenters. The predicted molar refractivity (Wildman–Crippen MR) is 113 cm³/mol. The molecule has 1 saturated carbocycles. The van der Waals surface area contributed by atoms with Crippen LogP contribution in [0.4, 0.5) is 5.69 Å². The van der Waals surface area contributed by atoms with Crippen LogP contribution in [0.25, 0.3) is 10.9 Å². The summed E-state index contributed by atoms with van der Waals surface area (Å²) < 4.78 is 26.8. The number of hydrogen-bond donors (Lipinski definition) is 2. The van der Waals surface area contributed by atoms with Crippen molar-refractivity contribution in [3.63, 3.8) is 0 Å². The molecule has 0 unspecified atom stereocenters. The van der Waals surface area contributed by atoms with E-state index in [0.29, 0.717) is 5.92 Å². The highest BCUT2D eigenvalue weighted by molar-refractivity contribution is 7.90. The van der Waals surface area contributed by atoms with Gasteiger partial charge in [-0.1, -0.05) is 18.2 Å². The molecule has 1 fully saturated rings. The van der Waals surface area contributed by atoms with E-state index < -0.39 is 14.8 Å². The van der Waals surface area contributed by atoms with Crippen molar-refractivity contribution in [1.82, 2.24) is 9.71 Å². The third kappa shape index (κ3) is 4.79. The summed E-state index contributed by atoms with van der Waals surface area (Å²) >= 11 is 0. The van der Waals surface area contributed by atoms with Crippen molar-refractivity contribution in [3.05, 3.63) is 36.0 Å². The van der Waals surface area contributed by atoms with Crippen molar-refractivity contribution >= 4 is 26.6 Å². The standard InChI is InChI=1S/C21H31N3O2S/c1-15-13-20(18-7-5-6-8-19(18)23-15)22-14-16-9-11-17(12-10-16)24-27(25,26)21(2,3)4/h5-8,13,16-17,24H,9-12,14H2,1-4H3,(H,22,23). The number of rotatable bonds is 5. The van der Waals surface area contributed by atoms with Crippen LogP contribution in [0.1, 0.15) is 52.1 Å². The molecule has 2 aromatic rings. The molecule has 1 heterocycles. The van der Waals surface area contributed by atoms with Crippen molar-refractivity contribution in [1.29, 1.82) is 0 Å². The molecule has 6 heteroatoms. The Morgan fingerprint density at radius 1 is 1.11 bits per heavy atom. The molecule has 5 nitrogen and oxygen atoms in total. The molecule has 27 heavy (non-hydrogen) atoms. The van der Waals surface area contributed by atoms with Crippen molar-refractivity contribution in [2.45, 2.75) is 64.2 Å². The molecule has 1 aromatic heterocycles. The first-order chi connectivity index (χ1) is 12.7. The Labute approximate surface area is 163 Å². The third-order valence-corrected chi connectivity index (χ3v) is 7.66. The summed E-state index contributed by atoms with van der Waals surface area (Å²) in [6.07, 6.45) is 3.87. The topological polar surface area (TPSA) is 71.1 Å². The second-order valence-corrected chi connectivity index (χ2v) is 11.1. The molecule has 0 amide bonds. The molecule has 0 bridgehead atoms. The molecule has 0 saturated heterocycles. The zero-order valence-electron chi connectivity index (χ0n) is 16.7. The molecule has 1 aliphatic carbocycles. The lowest BCUT2D eigenvalue weighted by Crippen LogP contribution is -2.46. The maximum atomic E-state index is 12.3. The minimum atomic E-state index is -3.27. The predicted octanol–water partition coefficient (Wildman–Crippen LogP) is 4.23. The lowest BCUT2D eigenvalue weighted by Gasteiger charge is -2.31. The van der Waals surface area contributed by atoms with Crippen LogP contribution in [0.5, 0.6) is 0 Å². The number of aromatic nitrogens is 1. The van der Waals surface area contributed by atoms with Gasteiger partial charge in [0.05, 0.1) is 10.3 Å². The average Bonchev–Trinajstić information content (AvgIpc) is 2.59. The molecule has 1 aromatic carbocycles. The van der Waals surface area contributed by atoms with Crippen LogP contribution in [0, 0.1) is 12.8 Å². The second-order valence-electron chi connectivity index (χ2n) is 8.66. The summed E-state index contributed by atoms with van der Waals surface area (Å²) in [6.45, 7) is 8.15. The molecule has 1 aliphatic rings. The molecular formula is C21H31N3O2S. The number of benzene rings is 1. The number of hydrogen-bond acceptors (Lipinski definition) is 4. The quantitative estimate of drug-likeness (QED) is 0.803. The Morgan fingerprint density at radius 2 is 1.78 bits per heavy atom. The maximum absolute atomic E-state index is 12.3. The SMILES string of the molecule is Cc1cc(NCC2CCC(NS(=O)(=O)C(C)(C)C)CC2)c2ccccc2n1. The monoisotopic (exact) mass is 389 g/mol. The van der Waals surface area contributed by atoms with Gasteiger partial charge in [-0.05, 0) is 71.4 Å². The van der Waals surface area contributed by atoms with Gasteiger partial charge >= 0.3 is 0 Å². The summed E-state index contributed by atoms with van der Waals surface area (Å²) in [7, 11) is -3.27. The van der Waals surface area contributed by atoms with Crippen molar-refractivity contribution in [3.8, 4) is 0 Å². The zero-order valence-corrected chi connectivity index (χ0v) is 17.6. The summed E-state index contributed by atoms with van der Waals surface area (Å²) in [6, 6.07) is 10.4. The minimum absolute atomic E-state index is 0.0643. The number of aryl methyl sites for hydroxylation is 1. The van der Waals surface area contributed by atoms with Gasteiger partial charge in [0.25, 0.3) is 0 Å². The van der Waals surface area contributed by atoms with Gasteiger partial charge in [0.2, 0.25) is 10.0 Å². The lowest BCUT2D eigenvalue weighted by molar-refractivity contribution is 0.322. The number of nitrogens with zero attached hydrogens (tertiary/aromatic N) is 1. The fourth-order valence-electron chi connectivity index (χ4n) is 3.59. The summed E-state index contributed by atoms with van der Waals surface area (Å²) in [5.74, 6) is 0.563. The molecule has 2 N–H and O–H groups in total. The second kappa shape index (κ2) is 7.76. The Kier molecular flexibility index (Phi) is 5.77. The van der Waals surface area contributed by atoms with Crippen LogP contribution in [-0.2, 0) is 10.0 Å². The Balaban J connectivity index is 1.56. The number of anilines is 1. The van der Waals surface area contributed by atoms with Crippen LogP contribution in [0.2, 0.25) is 0 Å². The number of fused-ring (bicyclic) bond motifs is 1. The smallest absolute Gasteiger partial charge is 0.216 e. The number of pyridine rings is 1. The summed E-state index contributed by atoms with van der Waals surface area (Å²) in [4.78, 5) is 4.59. The fourth-order valence-corrected chi connectivity index (χ4v) is 4.62. The van der Waals surface area contributed by atoms with E-state index in [9.17, 15) is 8.42 Å². The summed E-state index contributed by atoms with van der Waals surface area (Å²) in [5.41, 5.74) is 3.16. The van der Waals surface area contributed by atoms with Crippen molar-refractivity contribution < 1.29 is 8.42 Å². The first kappa shape index (κ1) is 20.1. The molecule has 3 rings (SSSR count). The van der Waals surface area contributed by atoms with Gasteiger partial charge in [0.1, 0.15) is 0 Å². The van der Waals surface area contributed by atoms with E-state index in [4.69, 9.17) is 0 Å². The van der Waals surface area contributed by atoms with Gasteiger partial charge in [-0.2, -0.15) is 0 Å². The Hall–Kier alpha value is -1.66. The van der Waals surface area contributed by atoms with Gasteiger partial charge < -0.3 is 5.32 Å². The number of sulfonamides is 1. The highest BCUT2D eigenvalue weighted by atomic mass is 32.2.